The Morgan fingerprint density at radius 2 is 1.02 bits per heavy atom. The number of hydrogen-bond acceptors (Lipinski definition) is 1. The molecule has 0 spiro atoms. The molecule has 1 aromatic heterocycles. The van der Waals surface area contributed by atoms with Crippen molar-refractivity contribution in [3.63, 3.8) is 0 Å². The van der Waals surface area contributed by atoms with Crippen LogP contribution >= 0.6 is 0 Å². The summed E-state index contributed by atoms with van der Waals surface area (Å²) in [6, 6.07) is 73.8. The Hall–Kier alpha value is -7.42. The van der Waals surface area contributed by atoms with Gasteiger partial charge in [0, 0.05) is 44.4 Å². The largest absolute Gasteiger partial charge is 0.354 e. The summed E-state index contributed by atoms with van der Waals surface area (Å²) in [5, 5.41) is 3.90. The average molecular weight is 753 g/mol. The SMILES string of the molecule is CC1(C)c2ccccc2-c2ccc(N(c3cccc(-c4cccc(-c5ccc6[nH]c7c(c6c5)-c5cccc6cccc-7c56)c4)c3)c3ccccc3-c3ccccc3)cc21. The smallest absolute Gasteiger partial charge is 0.0551 e. The fourth-order valence-corrected chi connectivity index (χ4v) is 10.1. The van der Waals surface area contributed by atoms with Gasteiger partial charge in [0.1, 0.15) is 0 Å². The quantitative estimate of drug-likeness (QED) is 0.179. The number of anilines is 3. The molecule has 2 aliphatic carbocycles. The topological polar surface area (TPSA) is 19.0 Å². The molecule has 0 saturated carbocycles. The van der Waals surface area contributed by atoms with Gasteiger partial charge in [0.2, 0.25) is 0 Å². The van der Waals surface area contributed by atoms with Crippen LogP contribution in [-0.4, -0.2) is 4.98 Å². The highest BCUT2D eigenvalue weighted by Crippen LogP contribution is 2.53. The van der Waals surface area contributed by atoms with Crippen LogP contribution < -0.4 is 4.90 Å². The number of rotatable bonds is 6. The second-order valence-electron chi connectivity index (χ2n) is 16.6. The molecule has 0 amide bonds. The molecule has 0 bridgehead atoms. The maximum atomic E-state index is 3.77. The molecule has 0 radical (unpaired) electrons. The summed E-state index contributed by atoms with van der Waals surface area (Å²) in [4.78, 5) is 6.23. The van der Waals surface area contributed by atoms with Crippen molar-refractivity contribution in [2.45, 2.75) is 19.3 Å². The minimum Gasteiger partial charge on any atom is -0.354 e. The van der Waals surface area contributed by atoms with E-state index >= 15 is 0 Å². The molecule has 2 nitrogen and oxygen atoms in total. The molecular weight excluding hydrogens is 713 g/mol. The van der Waals surface area contributed by atoms with Gasteiger partial charge in [-0.05, 0) is 115 Å². The fourth-order valence-electron chi connectivity index (χ4n) is 10.1. The summed E-state index contributed by atoms with van der Waals surface area (Å²) in [6.45, 7) is 4.72. The van der Waals surface area contributed by atoms with E-state index in [1.807, 2.05) is 0 Å². The van der Waals surface area contributed by atoms with Crippen molar-refractivity contribution in [1.82, 2.24) is 4.98 Å². The van der Waals surface area contributed by atoms with Crippen LogP contribution in [0.25, 0.3) is 88.6 Å². The monoisotopic (exact) mass is 752 g/mol. The van der Waals surface area contributed by atoms with Gasteiger partial charge in [0.25, 0.3) is 0 Å². The molecule has 2 aliphatic rings. The Balaban J connectivity index is 0.977. The third kappa shape index (κ3) is 5.13. The first kappa shape index (κ1) is 33.7. The van der Waals surface area contributed by atoms with Gasteiger partial charge >= 0.3 is 0 Å². The summed E-state index contributed by atoms with van der Waals surface area (Å²) in [5.74, 6) is 0. The van der Waals surface area contributed by atoms with Crippen LogP contribution in [-0.2, 0) is 5.41 Å². The van der Waals surface area contributed by atoms with Gasteiger partial charge in [-0.2, -0.15) is 0 Å². The molecule has 2 heteroatoms. The summed E-state index contributed by atoms with van der Waals surface area (Å²) < 4.78 is 0. The zero-order valence-electron chi connectivity index (χ0n) is 33.0. The molecule has 10 aromatic rings. The van der Waals surface area contributed by atoms with E-state index in [1.165, 1.54) is 99.7 Å². The van der Waals surface area contributed by atoms with E-state index in [0.29, 0.717) is 0 Å². The molecule has 0 saturated heterocycles. The van der Waals surface area contributed by atoms with Crippen LogP contribution in [0.4, 0.5) is 17.1 Å². The van der Waals surface area contributed by atoms with Gasteiger partial charge in [-0.15, -0.1) is 0 Å². The van der Waals surface area contributed by atoms with Crippen molar-refractivity contribution in [1.29, 1.82) is 0 Å². The summed E-state index contributed by atoms with van der Waals surface area (Å²) >= 11 is 0. The van der Waals surface area contributed by atoms with E-state index in [-0.39, 0.29) is 5.41 Å². The number of hydrogen-bond donors (Lipinski definition) is 1. The van der Waals surface area contributed by atoms with Crippen molar-refractivity contribution in [3.8, 4) is 66.9 Å². The van der Waals surface area contributed by atoms with Crippen LogP contribution in [0.2, 0.25) is 0 Å². The third-order valence-corrected chi connectivity index (χ3v) is 12.9. The van der Waals surface area contributed by atoms with E-state index in [0.717, 1.165) is 17.1 Å². The van der Waals surface area contributed by atoms with Crippen LogP contribution in [0.1, 0.15) is 25.0 Å². The zero-order chi connectivity index (χ0) is 39.2. The Bertz CT molecular complexity index is 3310. The Morgan fingerprint density at radius 3 is 1.85 bits per heavy atom. The highest BCUT2D eigenvalue weighted by atomic mass is 15.1. The normalized spacial score (nSPS) is 13.1. The van der Waals surface area contributed by atoms with Crippen molar-refractivity contribution < 1.29 is 0 Å². The number of para-hydroxylation sites is 1. The van der Waals surface area contributed by atoms with Crippen molar-refractivity contribution in [3.05, 3.63) is 211 Å². The van der Waals surface area contributed by atoms with E-state index in [2.05, 4.69) is 224 Å². The van der Waals surface area contributed by atoms with E-state index < -0.39 is 0 Å². The lowest BCUT2D eigenvalue weighted by molar-refractivity contribution is 0.660. The third-order valence-electron chi connectivity index (χ3n) is 12.9. The maximum Gasteiger partial charge on any atom is 0.0551 e. The first-order chi connectivity index (χ1) is 29.0. The Morgan fingerprint density at radius 1 is 0.407 bits per heavy atom. The summed E-state index contributed by atoms with van der Waals surface area (Å²) in [6.07, 6.45) is 0. The van der Waals surface area contributed by atoms with Gasteiger partial charge in [0.15, 0.2) is 0 Å². The van der Waals surface area contributed by atoms with Gasteiger partial charge in [-0.3, -0.25) is 0 Å². The van der Waals surface area contributed by atoms with Crippen LogP contribution in [0, 0.1) is 0 Å². The lowest BCUT2D eigenvalue weighted by atomic mass is 9.82. The Kier molecular flexibility index (Phi) is 7.31. The fraction of sp³-hybridized carbons (Fsp3) is 0.0526. The second kappa shape index (κ2) is 12.8. The predicted molar refractivity (Wildman–Crippen MR) is 249 cm³/mol. The number of nitrogens with one attached hydrogen (secondary N) is 1. The van der Waals surface area contributed by atoms with Crippen molar-refractivity contribution in [2.24, 2.45) is 0 Å². The first-order valence-corrected chi connectivity index (χ1v) is 20.6. The van der Waals surface area contributed by atoms with Gasteiger partial charge < -0.3 is 9.88 Å². The van der Waals surface area contributed by atoms with Crippen LogP contribution in [0.3, 0.4) is 0 Å². The second-order valence-corrected chi connectivity index (χ2v) is 16.6. The van der Waals surface area contributed by atoms with Crippen LogP contribution in [0.15, 0.2) is 200 Å². The molecule has 0 fully saturated rings. The molecule has 0 aliphatic heterocycles. The van der Waals surface area contributed by atoms with E-state index in [4.69, 9.17) is 0 Å². The molecule has 1 N–H and O–H groups in total. The number of fused-ring (bicyclic) bond motifs is 8. The maximum absolute atomic E-state index is 3.77. The summed E-state index contributed by atoms with van der Waals surface area (Å²) in [5.41, 5.74) is 22.1. The molecule has 278 valence electrons. The molecule has 12 rings (SSSR count). The first-order valence-electron chi connectivity index (χ1n) is 20.6. The van der Waals surface area contributed by atoms with Crippen molar-refractivity contribution >= 4 is 38.7 Å². The van der Waals surface area contributed by atoms with E-state index in [9.17, 15) is 0 Å². The zero-order valence-corrected chi connectivity index (χ0v) is 33.0. The lowest BCUT2D eigenvalue weighted by Gasteiger charge is -2.30. The number of aromatic amines is 1. The molecule has 1 heterocycles. The molecule has 0 atom stereocenters. The van der Waals surface area contributed by atoms with Gasteiger partial charge in [-0.1, -0.05) is 166 Å². The standard InChI is InChI=1S/C57H40N2/c1-57(2)50-26-8-6-23-45(50)46-30-29-43(35-51(46)57)59(53-27-9-7-22-44(53)36-14-4-3-5-15-36)42-21-11-20-40(33-42)38-18-10-19-39(32-38)41-28-31-52-49(34-41)55-47-24-12-16-37-17-13-25-48(54(37)47)56(55)58-52/h3-35,58H,1-2H3. The molecular formula is C57H40N2. The highest BCUT2D eigenvalue weighted by Gasteiger charge is 2.36. The number of aromatic nitrogens is 1. The predicted octanol–water partition coefficient (Wildman–Crippen LogP) is 15.7. The van der Waals surface area contributed by atoms with Gasteiger partial charge in [-0.25, -0.2) is 0 Å². The minimum absolute atomic E-state index is 0.115. The minimum atomic E-state index is -0.115. The van der Waals surface area contributed by atoms with E-state index in [1.54, 1.807) is 0 Å². The molecule has 9 aromatic carbocycles. The average Bonchev–Trinajstić information content (AvgIpc) is 3.90. The van der Waals surface area contributed by atoms with Gasteiger partial charge in [0.05, 0.1) is 11.4 Å². The molecule has 0 unspecified atom stereocenters. The van der Waals surface area contributed by atoms with Crippen molar-refractivity contribution in [2.75, 3.05) is 4.90 Å². The lowest BCUT2D eigenvalue weighted by Crippen LogP contribution is -2.17. The Labute approximate surface area is 344 Å². The number of benzene rings is 9. The summed E-state index contributed by atoms with van der Waals surface area (Å²) in [7, 11) is 0. The number of nitrogens with zero attached hydrogens (tertiary/aromatic N) is 1. The highest BCUT2D eigenvalue weighted by molar-refractivity contribution is 6.21. The molecule has 59 heavy (non-hydrogen) atoms. The van der Waals surface area contributed by atoms with Crippen LogP contribution in [0.5, 0.6) is 0 Å². The number of H-pyrrole nitrogens is 1.